The summed E-state index contributed by atoms with van der Waals surface area (Å²) < 4.78 is 23.1. The lowest BCUT2D eigenvalue weighted by atomic mass is 10.1. The van der Waals surface area contributed by atoms with Gasteiger partial charge in [0.1, 0.15) is 0 Å². The smallest absolute Gasteiger partial charge is 0.243 e. The zero-order chi connectivity index (χ0) is 19.8. The molecule has 1 amide bonds. The molecule has 1 aliphatic heterocycles. The quantitative estimate of drug-likeness (QED) is 0.762. The molecule has 0 bridgehead atoms. The summed E-state index contributed by atoms with van der Waals surface area (Å²) in [6.07, 6.45) is 0.621. The van der Waals surface area contributed by atoms with Crippen molar-refractivity contribution < 1.29 is 18.0 Å². The van der Waals surface area contributed by atoms with Gasteiger partial charge in [-0.05, 0) is 56.2 Å². The summed E-state index contributed by atoms with van der Waals surface area (Å²) >= 11 is 0. The molecule has 2 aromatic carbocycles. The Morgan fingerprint density at radius 3 is 2.59 bits per heavy atom. The number of amides is 1. The summed E-state index contributed by atoms with van der Waals surface area (Å²) in [7, 11) is -3.77. The molecule has 0 saturated heterocycles. The lowest BCUT2D eigenvalue weighted by molar-refractivity contribution is -0.115. The molecule has 0 aliphatic carbocycles. The summed E-state index contributed by atoms with van der Waals surface area (Å²) in [6, 6.07) is 11.6. The number of anilines is 2. The molecular weight excluding hydrogens is 366 g/mol. The Morgan fingerprint density at radius 1 is 1.22 bits per heavy atom. The van der Waals surface area contributed by atoms with Gasteiger partial charge in [0.2, 0.25) is 15.9 Å². The van der Waals surface area contributed by atoms with Crippen LogP contribution in [0.1, 0.15) is 29.8 Å². The fourth-order valence-corrected chi connectivity index (χ4v) is 3.90. The Morgan fingerprint density at radius 2 is 1.93 bits per heavy atom. The zero-order valence-corrected chi connectivity index (χ0v) is 15.9. The van der Waals surface area contributed by atoms with E-state index in [0.717, 1.165) is 11.3 Å². The Labute approximate surface area is 158 Å². The fourth-order valence-electron chi connectivity index (χ4n) is 3.33. The predicted octanol–water partition coefficient (Wildman–Crippen LogP) is 1.93. The van der Waals surface area contributed by atoms with Gasteiger partial charge in [0.15, 0.2) is 5.78 Å². The summed E-state index contributed by atoms with van der Waals surface area (Å²) in [5.74, 6) is -0.375. The molecule has 0 radical (unpaired) electrons. The van der Waals surface area contributed by atoms with E-state index in [2.05, 4.69) is 5.32 Å². The molecule has 1 unspecified atom stereocenters. The molecule has 0 spiro atoms. The molecule has 1 atom stereocenters. The lowest BCUT2D eigenvalue weighted by Crippen LogP contribution is -2.37. The standard InChI is InChI=1S/C19H21N3O4S/c1-12-9-14-10-15(27(20,25)26)7-8-18(14)22(12)11-19(24)21-17-6-4-3-5-16(17)13(2)23/h3-8,10,12H,9,11H2,1-2H3,(H,21,24)(H2,20,25,26). The molecule has 1 heterocycles. The van der Waals surface area contributed by atoms with Crippen LogP contribution >= 0.6 is 0 Å². The number of nitrogens with two attached hydrogens (primary N) is 1. The molecule has 0 fully saturated rings. The SMILES string of the molecule is CC(=O)c1ccccc1NC(=O)CN1c2ccc(S(N)(=O)=O)cc2CC1C. The second kappa shape index (κ2) is 7.13. The molecule has 27 heavy (non-hydrogen) atoms. The van der Waals surface area contributed by atoms with Gasteiger partial charge in [-0.25, -0.2) is 13.6 Å². The molecule has 8 heteroatoms. The third-order valence-electron chi connectivity index (χ3n) is 4.63. The van der Waals surface area contributed by atoms with E-state index in [9.17, 15) is 18.0 Å². The number of nitrogens with one attached hydrogen (secondary N) is 1. The molecule has 142 valence electrons. The van der Waals surface area contributed by atoms with Crippen molar-refractivity contribution in [2.24, 2.45) is 5.14 Å². The predicted molar refractivity (Wildman–Crippen MR) is 103 cm³/mol. The first-order chi connectivity index (χ1) is 12.7. The maximum atomic E-state index is 12.5. The number of carbonyl (C=O) groups excluding carboxylic acids is 2. The van der Waals surface area contributed by atoms with Gasteiger partial charge in [-0.2, -0.15) is 0 Å². The van der Waals surface area contributed by atoms with Crippen molar-refractivity contribution in [1.29, 1.82) is 0 Å². The first-order valence-electron chi connectivity index (χ1n) is 8.49. The van der Waals surface area contributed by atoms with E-state index in [1.54, 1.807) is 36.4 Å². The third-order valence-corrected chi connectivity index (χ3v) is 5.54. The number of hydrogen-bond acceptors (Lipinski definition) is 5. The van der Waals surface area contributed by atoms with Crippen LogP contribution < -0.4 is 15.4 Å². The zero-order valence-electron chi connectivity index (χ0n) is 15.1. The molecule has 2 aromatic rings. The number of nitrogens with zero attached hydrogens (tertiary/aromatic N) is 1. The first kappa shape index (κ1) is 19.1. The van der Waals surface area contributed by atoms with Crippen molar-refractivity contribution in [3.8, 4) is 0 Å². The van der Waals surface area contributed by atoms with Crippen LogP contribution in [0.4, 0.5) is 11.4 Å². The molecule has 1 aliphatic rings. The van der Waals surface area contributed by atoms with Gasteiger partial charge in [0.05, 0.1) is 17.1 Å². The Hall–Kier alpha value is -2.71. The van der Waals surface area contributed by atoms with Crippen LogP contribution in [-0.2, 0) is 21.2 Å². The number of Topliss-reactive ketones (excluding diaryl/α,β-unsaturated/α-hetero) is 1. The van der Waals surface area contributed by atoms with Crippen LogP contribution in [0.3, 0.4) is 0 Å². The number of benzene rings is 2. The maximum Gasteiger partial charge on any atom is 0.243 e. The fraction of sp³-hybridized carbons (Fsp3) is 0.263. The second-order valence-electron chi connectivity index (χ2n) is 6.67. The van der Waals surface area contributed by atoms with Crippen LogP contribution in [0.5, 0.6) is 0 Å². The minimum absolute atomic E-state index is 0.0320. The van der Waals surface area contributed by atoms with Crippen molar-refractivity contribution in [3.05, 3.63) is 53.6 Å². The molecule has 0 saturated carbocycles. The number of primary sulfonamides is 1. The van der Waals surface area contributed by atoms with Crippen molar-refractivity contribution >= 4 is 33.1 Å². The maximum absolute atomic E-state index is 12.5. The topological polar surface area (TPSA) is 110 Å². The summed E-state index contributed by atoms with van der Waals surface area (Å²) in [4.78, 5) is 26.2. The molecule has 3 N–H and O–H groups in total. The highest BCUT2D eigenvalue weighted by atomic mass is 32.2. The molecular formula is C19H21N3O4S. The Kier molecular flexibility index (Phi) is 5.03. The number of hydrogen-bond donors (Lipinski definition) is 2. The van der Waals surface area contributed by atoms with Gasteiger partial charge < -0.3 is 10.2 Å². The van der Waals surface area contributed by atoms with Crippen molar-refractivity contribution in [2.75, 3.05) is 16.8 Å². The van der Waals surface area contributed by atoms with E-state index in [1.807, 2.05) is 11.8 Å². The summed E-state index contributed by atoms with van der Waals surface area (Å²) in [6.45, 7) is 3.51. The highest BCUT2D eigenvalue weighted by molar-refractivity contribution is 7.89. The van der Waals surface area contributed by atoms with Crippen LogP contribution in [-0.4, -0.2) is 32.7 Å². The lowest BCUT2D eigenvalue weighted by Gasteiger charge is -2.24. The van der Waals surface area contributed by atoms with Crippen LogP contribution in [0, 0.1) is 0 Å². The van der Waals surface area contributed by atoms with E-state index in [1.165, 1.54) is 13.0 Å². The van der Waals surface area contributed by atoms with Gasteiger partial charge in [0, 0.05) is 17.3 Å². The second-order valence-corrected chi connectivity index (χ2v) is 8.23. The van der Waals surface area contributed by atoms with E-state index < -0.39 is 10.0 Å². The van der Waals surface area contributed by atoms with Crippen molar-refractivity contribution in [3.63, 3.8) is 0 Å². The third kappa shape index (κ3) is 4.01. The van der Waals surface area contributed by atoms with Crippen LogP contribution in [0.25, 0.3) is 0 Å². The Bertz CT molecular complexity index is 1020. The van der Waals surface area contributed by atoms with E-state index in [-0.39, 0.29) is 29.2 Å². The van der Waals surface area contributed by atoms with E-state index in [0.29, 0.717) is 17.7 Å². The highest BCUT2D eigenvalue weighted by Gasteiger charge is 2.28. The van der Waals surface area contributed by atoms with Crippen molar-refractivity contribution in [1.82, 2.24) is 0 Å². The molecule has 3 rings (SSSR count). The van der Waals surface area contributed by atoms with Gasteiger partial charge in [-0.3, -0.25) is 9.59 Å². The number of para-hydroxylation sites is 1. The van der Waals surface area contributed by atoms with Gasteiger partial charge in [0.25, 0.3) is 0 Å². The minimum Gasteiger partial charge on any atom is -0.359 e. The van der Waals surface area contributed by atoms with Crippen LogP contribution in [0.15, 0.2) is 47.4 Å². The summed E-state index contributed by atoms with van der Waals surface area (Å²) in [5.41, 5.74) is 2.58. The van der Waals surface area contributed by atoms with Gasteiger partial charge in [-0.15, -0.1) is 0 Å². The number of sulfonamides is 1. The highest BCUT2D eigenvalue weighted by Crippen LogP contribution is 2.33. The summed E-state index contributed by atoms with van der Waals surface area (Å²) in [5, 5.41) is 7.98. The van der Waals surface area contributed by atoms with E-state index in [4.69, 9.17) is 5.14 Å². The van der Waals surface area contributed by atoms with E-state index >= 15 is 0 Å². The van der Waals surface area contributed by atoms with Crippen LogP contribution in [0.2, 0.25) is 0 Å². The van der Waals surface area contributed by atoms with Gasteiger partial charge in [-0.1, -0.05) is 12.1 Å². The number of ketones is 1. The average molecular weight is 387 g/mol. The average Bonchev–Trinajstić information content (AvgIpc) is 2.89. The number of rotatable bonds is 5. The Balaban J connectivity index is 1.79. The number of carbonyl (C=O) groups is 2. The normalized spacial score (nSPS) is 16.1. The molecule has 7 nitrogen and oxygen atoms in total. The number of fused-ring (bicyclic) bond motifs is 1. The minimum atomic E-state index is -3.77. The van der Waals surface area contributed by atoms with Crippen molar-refractivity contribution in [2.45, 2.75) is 31.2 Å². The largest absolute Gasteiger partial charge is 0.359 e. The first-order valence-corrected chi connectivity index (χ1v) is 10.0. The van der Waals surface area contributed by atoms with Gasteiger partial charge >= 0.3 is 0 Å². The molecule has 0 aromatic heterocycles. The monoisotopic (exact) mass is 387 g/mol.